The molecule has 0 atom stereocenters. The third-order valence-electron chi connectivity index (χ3n) is 10.5. The van der Waals surface area contributed by atoms with Crippen molar-refractivity contribution in [2.75, 3.05) is 16.0 Å². The largest absolute Gasteiger partial charge is 0.471 e. The topological polar surface area (TPSA) is 274 Å². The van der Waals surface area contributed by atoms with Gasteiger partial charge in [0.1, 0.15) is 27.9 Å². The van der Waals surface area contributed by atoms with Crippen molar-refractivity contribution in [3.8, 4) is 21.4 Å². The summed E-state index contributed by atoms with van der Waals surface area (Å²) in [5, 5.41) is 13.6. The molecule has 13 rings (SSSR count). The molecule has 3 N–H and O–H groups in total. The number of nitrogen functional groups attached to an aromatic ring is 1. The number of nitrogens with zero attached hydrogens (tertiary/aromatic N) is 17. The van der Waals surface area contributed by atoms with Crippen LogP contribution in [-0.2, 0) is 56.9 Å². The second-order valence-electron chi connectivity index (χ2n) is 16.2. The molecule has 421 valence electrons. The fourth-order valence-electron chi connectivity index (χ4n) is 6.79. The number of thiophene rings is 2. The van der Waals surface area contributed by atoms with E-state index < -0.39 is 24.1 Å². The number of rotatable bonds is 9. The second kappa shape index (κ2) is 29.3. The molecular formula is C52H35Br2F6N19O2S2Y. The van der Waals surface area contributed by atoms with Gasteiger partial charge in [-0.25, -0.2) is 29.9 Å². The first-order valence-electron chi connectivity index (χ1n) is 23.6. The molecular weight excluding hydrogens is 1350 g/mol. The quantitative estimate of drug-likeness (QED) is 0.0772. The molecule has 0 aliphatic rings. The normalized spacial score (nSPS) is 10.9. The number of hydrogen-bond donors (Lipinski definition) is 2. The van der Waals surface area contributed by atoms with E-state index in [4.69, 9.17) is 5.73 Å². The summed E-state index contributed by atoms with van der Waals surface area (Å²) in [5.74, 6) is 0.196. The van der Waals surface area contributed by atoms with Crippen LogP contribution in [-0.4, -0.2) is 80.1 Å². The molecule has 0 aliphatic heterocycles. The van der Waals surface area contributed by atoms with Gasteiger partial charge in [-0.15, -0.1) is 22.7 Å². The maximum atomic E-state index is 12.8. The maximum absolute atomic E-state index is 12.8. The maximum Gasteiger partial charge on any atom is 0.471 e. The van der Waals surface area contributed by atoms with Crippen molar-refractivity contribution < 1.29 is 68.1 Å². The number of fused-ring (bicyclic) bond motifs is 3. The van der Waals surface area contributed by atoms with Crippen LogP contribution in [0, 0.1) is 0 Å². The monoisotopic (exact) mass is 1380 g/mol. The van der Waals surface area contributed by atoms with Crippen LogP contribution >= 0.6 is 54.5 Å². The Hall–Kier alpha value is -8.36. The Kier molecular flexibility index (Phi) is 21.5. The molecule has 0 aliphatic carbocycles. The smallest absolute Gasteiger partial charge is 0.382 e. The van der Waals surface area contributed by atoms with E-state index in [0.717, 1.165) is 52.9 Å². The third-order valence-corrected chi connectivity index (χ3v) is 14.1. The van der Waals surface area contributed by atoms with Gasteiger partial charge < -0.3 is 25.0 Å². The molecule has 0 saturated heterocycles. The van der Waals surface area contributed by atoms with E-state index in [0.29, 0.717) is 44.9 Å². The summed E-state index contributed by atoms with van der Waals surface area (Å²) in [7, 11) is 0. The van der Waals surface area contributed by atoms with Crippen molar-refractivity contribution in [3.05, 3.63) is 198 Å². The molecule has 0 fully saturated rings. The predicted molar refractivity (Wildman–Crippen MR) is 304 cm³/mol. The molecule has 21 nitrogen and oxygen atoms in total. The van der Waals surface area contributed by atoms with Gasteiger partial charge in [0.05, 0.1) is 70.0 Å². The number of nitrogens with one attached hydrogen (secondary N) is 1. The number of alkyl halides is 7. The Morgan fingerprint density at radius 1 is 0.488 bits per heavy atom. The molecule has 0 unspecified atom stereocenters. The van der Waals surface area contributed by atoms with Crippen LogP contribution < -0.4 is 16.0 Å². The van der Waals surface area contributed by atoms with Crippen LogP contribution in [0.2, 0.25) is 0 Å². The summed E-state index contributed by atoms with van der Waals surface area (Å²) >= 11 is 9.10. The van der Waals surface area contributed by atoms with Gasteiger partial charge in [-0.05, 0) is 88.7 Å². The van der Waals surface area contributed by atoms with Crippen LogP contribution in [0.25, 0.3) is 54.1 Å². The van der Waals surface area contributed by atoms with Gasteiger partial charge in [0.15, 0.2) is 5.82 Å². The number of pyridine rings is 6. The molecule has 13 aromatic heterocycles. The first-order chi connectivity index (χ1) is 40.1. The van der Waals surface area contributed by atoms with Gasteiger partial charge in [0.25, 0.3) is 0 Å². The molecule has 0 bridgehead atoms. The average molecular weight is 1380 g/mol. The zero-order valence-corrected chi connectivity index (χ0v) is 50.1. The number of halogens is 8. The van der Waals surface area contributed by atoms with Crippen molar-refractivity contribution in [1.82, 2.24) is 80.1 Å². The minimum Gasteiger partial charge on any atom is -0.382 e. The van der Waals surface area contributed by atoms with Crippen LogP contribution in [0.1, 0.15) is 21.5 Å². The molecule has 0 amide bonds. The molecule has 1 radical (unpaired) electrons. The fourth-order valence-corrected chi connectivity index (χ4v) is 9.35. The number of hydrogen-bond acceptors (Lipinski definition) is 23. The summed E-state index contributed by atoms with van der Waals surface area (Å²) in [5.41, 5.74) is 7.67. The van der Waals surface area contributed by atoms with Gasteiger partial charge in [0.2, 0.25) is 11.6 Å². The Bertz CT molecular complexity index is 4180. The fraction of sp³-hybridized carbons (Fsp3) is 0.0769. The predicted octanol–water partition coefficient (Wildman–Crippen LogP) is 13.2. The summed E-state index contributed by atoms with van der Waals surface area (Å²) in [6, 6.07) is 24.2. The minimum absolute atomic E-state index is 0. The zero-order chi connectivity index (χ0) is 58.2. The standard InChI is InChI=1S/C20H12F3N7OS.C12H9N5.C8H4BrF3N2OS.C8H5BrN2.C4H5N3.Y/c21-20(22,23)19-28-18(29-31-19)15-3-2-13(32-15)11-30(17-10-25-7-8-26-17)16-4-1-12-5-6-24-9-14(12)27-16;1-2-11(17-12-8-14-5-6-15-12)16-10-7-13-4-3-9(1)10;9-3-4-1-2-5(16-4)6-13-7(15-14-6)8(10,11)12;9-8-2-1-6-3-4-10-5-7(6)11-8;5-4-3-6-1-2-7-4;/h1-10H,11H2;1-8H,(H,15,16,17);1-2H,3H2;1-5H;1-3H,(H2,5,7);. The van der Waals surface area contributed by atoms with E-state index in [2.05, 4.69) is 126 Å². The van der Waals surface area contributed by atoms with Crippen molar-refractivity contribution in [1.29, 1.82) is 0 Å². The number of nitrogens with two attached hydrogens (primary N) is 1. The van der Waals surface area contributed by atoms with E-state index in [-0.39, 0.29) is 44.4 Å². The summed E-state index contributed by atoms with van der Waals surface area (Å²) in [4.78, 5) is 60.9. The van der Waals surface area contributed by atoms with Crippen molar-refractivity contribution >= 4 is 116 Å². The average Bonchev–Trinajstić information content (AvgIpc) is 4.39. The van der Waals surface area contributed by atoms with Crippen LogP contribution in [0.5, 0.6) is 0 Å². The molecule has 32 heteroatoms. The molecule has 0 aromatic carbocycles. The van der Waals surface area contributed by atoms with Gasteiger partial charge >= 0.3 is 24.1 Å². The number of anilines is 5. The zero-order valence-electron chi connectivity index (χ0n) is 42.5. The SMILES string of the molecule is Brc1ccc2ccncc2n1.FC(F)(F)c1nc(-c2ccc(CBr)s2)no1.FC(F)(F)c1nc(-c2ccc(CN(c3cnccn3)c3ccc4ccncc4n3)s2)no1.Nc1cnccn1.[Y].c1cnc(Nc2ccc3ccncc3n2)cn1. The Morgan fingerprint density at radius 2 is 1.00 bits per heavy atom. The van der Waals surface area contributed by atoms with Gasteiger partial charge in [-0.3, -0.25) is 29.9 Å². The molecule has 13 aromatic rings. The molecule has 0 spiro atoms. The first kappa shape index (κ1) is 61.7. The first-order valence-corrected chi connectivity index (χ1v) is 27.1. The third kappa shape index (κ3) is 17.4. The summed E-state index contributed by atoms with van der Waals surface area (Å²) in [6.07, 6.45) is 15.4. The summed E-state index contributed by atoms with van der Waals surface area (Å²) < 4.78 is 84.1. The van der Waals surface area contributed by atoms with E-state index in [1.165, 1.54) is 28.9 Å². The Morgan fingerprint density at radius 3 is 1.50 bits per heavy atom. The summed E-state index contributed by atoms with van der Waals surface area (Å²) in [6.45, 7) is 0.353. The van der Waals surface area contributed by atoms with Gasteiger partial charge in [-0.1, -0.05) is 32.3 Å². The van der Waals surface area contributed by atoms with Crippen LogP contribution in [0.15, 0.2) is 185 Å². The van der Waals surface area contributed by atoms with E-state index >= 15 is 0 Å². The van der Waals surface area contributed by atoms with Crippen molar-refractivity contribution in [2.24, 2.45) is 0 Å². The van der Waals surface area contributed by atoms with Gasteiger partial charge in [0, 0.05) is 120 Å². The number of aromatic nitrogens is 16. The van der Waals surface area contributed by atoms with E-state index in [1.54, 1.807) is 111 Å². The van der Waals surface area contributed by atoms with Crippen LogP contribution in [0.4, 0.5) is 55.4 Å². The second-order valence-corrected chi connectivity index (χ2v) is 19.9. The van der Waals surface area contributed by atoms with E-state index in [9.17, 15) is 26.3 Å². The van der Waals surface area contributed by atoms with Crippen molar-refractivity contribution in [3.63, 3.8) is 0 Å². The van der Waals surface area contributed by atoms with Crippen molar-refractivity contribution in [2.45, 2.75) is 24.2 Å². The molecule has 13 heterocycles. The molecule has 84 heavy (non-hydrogen) atoms. The minimum atomic E-state index is -4.69. The Labute approximate surface area is 520 Å². The molecule has 0 saturated carbocycles. The Balaban J connectivity index is 0.000000150. The van der Waals surface area contributed by atoms with Gasteiger partial charge in [-0.2, -0.15) is 36.3 Å². The van der Waals surface area contributed by atoms with Crippen LogP contribution in [0.3, 0.4) is 0 Å². The van der Waals surface area contributed by atoms with E-state index in [1.807, 2.05) is 59.5 Å².